The lowest BCUT2D eigenvalue weighted by Gasteiger charge is -2.12. The highest BCUT2D eigenvalue weighted by atomic mass is 16.5. The van der Waals surface area contributed by atoms with Crippen LogP contribution in [-0.2, 0) is 0 Å². The zero-order chi connectivity index (χ0) is 20.1. The fourth-order valence-corrected chi connectivity index (χ4v) is 2.55. The lowest BCUT2D eigenvalue weighted by atomic mass is 10.2. The van der Waals surface area contributed by atoms with E-state index in [2.05, 4.69) is 20.6 Å². The summed E-state index contributed by atoms with van der Waals surface area (Å²) < 4.78 is 5.64. The first-order chi connectivity index (χ1) is 13.4. The second-order valence-electron chi connectivity index (χ2n) is 6.54. The zero-order valence-corrected chi connectivity index (χ0v) is 15.9. The number of ether oxygens (including phenoxy) is 1. The predicted octanol–water partition coefficient (Wildman–Crippen LogP) is 4.76. The molecule has 0 atom stereocenters. The molecule has 0 amide bonds. The van der Waals surface area contributed by atoms with E-state index in [0.717, 1.165) is 22.8 Å². The van der Waals surface area contributed by atoms with Gasteiger partial charge in [0, 0.05) is 23.1 Å². The predicted molar refractivity (Wildman–Crippen MR) is 109 cm³/mol. The van der Waals surface area contributed by atoms with Crippen LogP contribution in [0.15, 0.2) is 54.6 Å². The molecular weight excluding hydrogens is 356 g/mol. The summed E-state index contributed by atoms with van der Waals surface area (Å²) in [6.45, 7) is 5.85. The van der Waals surface area contributed by atoms with Crippen molar-refractivity contribution in [3.05, 3.63) is 65.9 Å². The molecule has 3 aromatic rings. The largest absolute Gasteiger partial charge is 0.491 e. The molecule has 0 fully saturated rings. The van der Waals surface area contributed by atoms with E-state index >= 15 is 0 Å². The number of aromatic carboxylic acids is 1. The number of carboxylic acids is 1. The van der Waals surface area contributed by atoms with E-state index in [9.17, 15) is 4.79 Å². The van der Waals surface area contributed by atoms with Crippen LogP contribution in [0.5, 0.6) is 5.75 Å². The lowest BCUT2D eigenvalue weighted by Crippen LogP contribution is -2.05. The summed E-state index contributed by atoms with van der Waals surface area (Å²) in [7, 11) is 0. The summed E-state index contributed by atoms with van der Waals surface area (Å²) >= 11 is 0. The van der Waals surface area contributed by atoms with Gasteiger partial charge in [0.05, 0.1) is 11.7 Å². The molecule has 0 unspecified atom stereocenters. The molecule has 1 heterocycles. The Morgan fingerprint density at radius 1 is 0.964 bits per heavy atom. The van der Waals surface area contributed by atoms with E-state index in [1.165, 1.54) is 0 Å². The molecule has 0 radical (unpaired) electrons. The third-order valence-corrected chi connectivity index (χ3v) is 3.74. The van der Waals surface area contributed by atoms with E-state index in [0.29, 0.717) is 11.8 Å². The van der Waals surface area contributed by atoms with Gasteiger partial charge in [-0.15, -0.1) is 0 Å². The molecule has 0 saturated carbocycles. The van der Waals surface area contributed by atoms with Crippen LogP contribution >= 0.6 is 0 Å². The molecule has 7 nitrogen and oxygen atoms in total. The highest BCUT2D eigenvalue weighted by Gasteiger charge is 2.06. The van der Waals surface area contributed by atoms with E-state index in [1.54, 1.807) is 24.3 Å². The number of benzene rings is 2. The Morgan fingerprint density at radius 2 is 1.57 bits per heavy atom. The van der Waals surface area contributed by atoms with E-state index < -0.39 is 5.97 Å². The molecule has 0 spiro atoms. The van der Waals surface area contributed by atoms with Gasteiger partial charge < -0.3 is 20.5 Å². The number of aryl methyl sites for hydroxylation is 1. The van der Waals surface area contributed by atoms with Crippen molar-refractivity contribution in [3.8, 4) is 5.75 Å². The third-order valence-electron chi connectivity index (χ3n) is 3.74. The van der Waals surface area contributed by atoms with E-state index in [4.69, 9.17) is 9.84 Å². The van der Waals surface area contributed by atoms with Gasteiger partial charge in [0.25, 0.3) is 0 Å². The molecule has 28 heavy (non-hydrogen) atoms. The van der Waals surface area contributed by atoms with Gasteiger partial charge in [-0.25, -0.2) is 9.78 Å². The number of aromatic nitrogens is 2. The molecule has 0 bridgehead atoms. The maximum absolute atomic E-state index is 10.9. The van der Waals surface area contributed by atoms with Gasteiger partial charge in [-0.05, 0) is 69.3 Å². The summed E-state index contributed by atoms with van der Waals surface area (Å²) in [6.07, 6.45) is 0.122. The minimum Gasteiger partial charge on any atom is -0.491 e. The average molecular weight is 378 g/mol. The maximum atomic E-state index is 10.9. The summed E-state index contributed by atoms with van der Waals surface area (Å²) in [5.74, 6) is 0.915. The van der Waals surface area contributed by atoms with Crippen molar-refractivity contribution in [2.45, 2.75) is 26.9 Å². The van der Waals surface area contributed by atoms with Crippen molar-refractivity contribution in [2.75, 3.05) is 10.6 Å². The Kier molecular flexibility index (Phi) is 5.74. The normalized spacial score (nSPS) is 10.6. The topological polar surface area (TPSA) is 96.4 Å². The standard InChI is InChI=1S/C21H22N4O3/c1-13(2)28-18-10-8-17(9-11-18)24-21-22-14(3)12-19(25-21)23-16-6-4-15(5-7-16)20(26)27/h4-13H,1-3H3,(H,26,27)(H2,22,23,24,25). The number of nitrogens with one attached hydrogen (secondary N) is 2. The lowest BCUT2D eigenvalue weighted by molar-refractivity contribution is 0.0697. The van der Waals surface area contributed by atoms with Crippen LogP contribution in [0.4, 0.5) is 23.1 Å². The number of hydrogen-bond donors (Lipinski definition) is 3. The van der Waals surface area contributed by atoms with Crippen molar-refractivity contribution < 1.29 is 14.6 Å². The highest BCUT2D eigenvalue weighted by Crippen LogP contribution is 2.22. The van der Waals surface area contributed by atoms with Gasteiger partial charge in [0.1, 0.15) is 11.6 Å². The quantitative estimate of drug-likeness (QED) is 0.545. The molecule has 1 aromatic heterocycles. The van der Waals surface area contributed by atoms with Gasteiger partial charge >= 0.3 is 5.97 Å². The number of carboxylic acid groups (broad SMARTS) is 1. The first kappa shape index (κ1) is 19.2. The third kappa shape index (κ3) is 5.20. The molecule has 7 heteroatoms. The SMILES string of the molecule is Cc1cc(Nc2ccc(C(=O)O)cc2)nc(Nc2ccc(OC(C)C)cc2)n1. The van der Waals surface area contributed by atoms with E-state index in [1.807, 2.05) is 51.1 Å². The Balaban J connectivity index is 1.73. The Labute approximate surface area is 163 Å². The molecule has 144 valence electrons. The smallest absolute Gasteiger partial charge is 0.335 e. The Morgan fingerprint density at radius 3 is 2.18 bits per heavy atom. The molecule has 0 aliphatic carbocycles. The molecule has 0 aliphatic heterocycles. The van der Waals surface area contributed by atoms with Crippen molar-refractivity contribution in [3.63, 3.8) is 0 Å². The molecule has 0 saturated heterocycles. The van der Waals surface area contributed by atoms with Crippen LogP contribution in [0.2, 0.25) is 0 Å². The van der Waals surface area contributed by atoms with Crippen LogP contribution in [0.25, 0.3) is 0 Å². The number of nitrogens with zero attached hydrogens (tertiary/aromatic N) is 2. The van der Waals surface area contributed by atoms with Crippen LogP contribution < -0.4 is 15.4 Å². The fraction of sp³-hybridized carbons (Fsp3) is 0.190. The molecule has 2 aromatic carbocycles. The second-order valence-corrected chi connectivity index (χ2v) is 6.54. The van der Waals surface area contributed by atoms with Crippen LogP contribution in [0, 0.1) is 6.92 Å². The van der Waals surface area contributed by atoms with Gasteiger partial charge in [-0.1, -0.05) is 0 Å². The summed E-state index contributed by atoms with van der Waals surface area (Å²) in [5.41, 5.74) is 2.61. The zero-order valence-electron chi connectivity index (χ0n) is 15.9. The van der Waals surface area contributed by atoms with Crippen LogP contribution in [0.3, 0.4) is 0 Å². The maximum Gasteiger partial charge on any atom is 0.335 e. The van der Waals surface area contributed by atoms with Gasteiger partial charge in [0.15, 0.2) is 0 Å². The summed E-state index contributed by atoms with van der Waals surface area (Å²) in [5, 5.41) is 15.3. The van der Waals surface area contributed by atoms with Crippen LogP contribution in [0.1, 0.15) is 29.9 Å². The molecule has 3 rings (SSSR count). The monoisotopic (exact) mass is 378 g/mol. The molecule has 0 aliphatic rings. The number of hydrogen-bond acceptors (Lipinski definition) is 6. The highest BCUT2D eigenvalue weighted by molar-refractivity contribution is 5.88. The molecule has 3 N–H and O–H groups in total. The summed E-state index contributed by atoms with van der Waals surface area (Å²) in [4.78, 5) is 19.8. The van der Waals surface area contributed by atoms with Crippen molar-refractivity contribution in [2.24, 2.45) is 0 Å². The minimum absolute atomic E-state index is 0.122. The van der Waals surface area contributed by atoms with Gasteiger partial charge in [0.2, 0.25) is 5.95 Å². The van der Waals surface area contributed by atoms with E-state index in [-0.39, 0.29) is 11.7 Å². The first-order valence-corrected chi connectivity index (χ1v) is 8.89. The Hall–Kier alpha value is -3.61. The van der Waals surface area contributed by atoms with Crippen molar-refractivity contribution in [1.82, 2.24) is 9.97 Å². The number of anilines is 4. The average Bonchev–Trinajstić information content (AvgIpc) is 2.63. The number of rotatable bonds is 7. The number of carbonyl (C=O) groups is 1. The first-order valence-electron chi connectivity index (χ1n) is 8.89. The van der Waals surface area contributed by atoms with Crippen molar-refractivity contribution in [1.29, 1.82) is 0 Å². The van der Waals surface area contributed by atoms with Gasteiger partial charge in [-0.3, -0.25) is 0 Å². The summed E-state index contributed by atoms with van der Waals surface area (Å²) in [6, 6.07) is 15.9. The Bertz CT molecular complexity index is 954. The molecular formula is C21H22N4O3. The van der Waals surface area contributed by atoms with Crippen molar-refractivity contribution >= 4 is 29.1 Å². The second kappa shape index (κ2) is 8.39. The van der Waals surface area contributed by atoms with Crippen LogP contribution in [-0.4, -0.2) is 27.1 Å². The fourth-order valence-electron chi connectivity index (χ4n) is 2.55. The minimum atomic E-state index is -0.958. The van der Waals surface area contributed by atoms with Gasteiger partial charge in [-0.2, -0.15) is 4.98 Å².